The monoisotopic (exact) mass is 292 g/mol. The number of piperidine rings is 1. The fourth-order valence-electron chi connectivity index (χ4n) is 2.53. The van der Waals surface area contributed by atoms with E-state index in [-0.39, 0.29) is 12.6 Å². The Balaban J connectivity index is 2.07. The first-order chi connectivity index (χ1) is 9.72. The van der Waals surface area contributed by atoms with Crippen LogP contribution in [0.2, 0.25) is 0 Å². The third kappa shape index (κ3) is 3.53. The van der Waals surface area contributed by atoms with E-state index < -0.39 is 17.1 Å². The van der Waals surface area contributed by atoms with E-state index >= 15 is 0 Å². The summed E-state index contributed by atoms with van der Waals surface area (Å²) in [6.45, 7) is 8.32. The van der Waals surface area contributed by atoms with E-state index in [0.717, 1.165) is 5.69 Å². The van der Waals surface area contributed by atoms with Crippen molar-refractivity contribution in [3.63, 3.8) is 0 Å². The Kier molecular flexibility index (Phi) is 4.23. The predicted octanol–water partition coefficient (Wildman–Crippen LogP) is 2.34. The molecule has 0 spiro atoms. The number of carbonyl (C=O) groups is 1. The molecular weight excluding hydrogens is 268 g/mol. The van der Waals surface area contributed by atoms with Crippen LogP contribution in [0.5, 0.6) is 0 Å². The number of nitrogens with zero attached hydrogens (tertiary/aromatic N) is 2. The average molecular weight is 292 g/mol. The van der Waals surface area contributed by atoms with Gasteiger partial charge in [0.2, 0.25) is 0 Å². The topological polar surface area (TPSA) is 62.7 Å². The van der Waals surface area contributed by atoms with Crippen molar-refractivity contribution in [2.45, 2.75) is 51.2 Å². The minimum Gasteiger partial charge on any atom is -0.444 e. The average Bonchev–Trinajstić information content (AvgIpc) is 2.41. The molecule has 0 bridgehead atoms. The van der Waals surface area contributed by atoms with Gasteiger partial charge in [-0.2, -0.15) is 0 Å². The predicted molar refractivity (Wildman–Crippen MR) is 80.0 cm³/mol. The first-order valence-electron chi connectivity index (χ1n) is 7.30. The van der Waals surface area contributed by atoms with Crippen LogP contribution in [0.3, 0.4) is 0 Å². The van der Waals surface area contributed by atoms with Crippen LogP contribution in [-0.4, -0.2) is 45.9 Å². The summed E-state index contributed by atoms with van der Waals surface area (Å²) in [5, 5.41) is 10.5. The van der Waals surface area contributed by atoms with E-state index in [0.29, 0.717) is 13.0 Å². The molecule has 0 aromatic carbocycles. The first kappa shape index (κ1) is 15.8. The molecule has 1 aliphatic heterocycles. The van der Waals surface area contributed by atoms with Crippen LogP contribution in [0.1, 0.15) is 39.8 Å². The van der Waals surface area contributed by atoms with Crippen LogP contribution < -0.4 is 0 Å². The summed E-state index contributed by atoms with van der Waals surface area (Å²) in [5.74, 6) is 0. The highest BCUT2D eigenvalue weighted by molar-refractivity contribution is 5.68. The van der Waals surface area contributed by atoms with Crippen molar-refractivity contribution in [1.29, 1.82) is 0 Å². The summed E-state index contributed by atoms with van der Waals surface area (Å²) in [5.41, 5.74) is -0.0925. The molecule has 0 radical (unpaired) electrons. The van der Waals surface area contributed by atoms with Gasteiger partial charge in [0.25, 0.3) is 0 Å². The van der Waals surface area contributed by atoms with Gasteiger partial charge >= 0.3 is 6.09 Å². The second-order valence-corrected chi connectivity index (χ2v) is 6.82. The summed E-state index contributed by atoms with van der Waals surface area (Å²) >= 11 is 0. The van der Waals surface area contributed by atoms with Gasteiger partial charge in [-0.1, -0.05) is 13.0 Å². The summed E-state index contributed by atoms with van der Waals surface area (Å²) in [7, 11) is 0. The third-order valence-electron chi connectivity index (χ3n) is 3.93. The molecule has 2 atom stereocenters. The minimum absolute atomic E-state index is 0.266. The molecule has 5 nitrogen and oxygen atoms in total. The zero-order valence-electron chi connectivity index (χ0n) is 13.2. The van der Waals surface area contributed by atoms with Gasteiger partial charge in [-0.3, -0.25) is 4.98 Å². The molecule has 2 heterocycles. The molecule has 21 heavy (non-hydrogen) atoms. The number of aliphatic hydroxyl groups excluding tert-OH is 1. The van der Waals surface area contributed by atoms with E-state index in [1.807, 2.05) is 45.9 Å². The number of ether oxygens (including phenoxy) is 1. The van der Waals surface area contributed by atoms with Crippen LogP contribution in [0.15, 0.2) is 24.4 Å². The maximum absolute atomic E-state index is 12.1. The fourth-order valence-corrected chi connectivity index (χ4v) is 2.53. The number of pyridine rings is 1. The summed E-state index contributed by atoms with van der Waals surface area (Å²) in [4.78, 5) is 18.0. The molecule has 1 aliphatic rings. The van der Waals surface area contributed by atoms with Gasteiger partial charge in [-0.05, 0) is 39.3 Å². The van der Waals surface area contributed by atoms with E-state index in [2.05, 4.69) is 4.98 Å². The molecule has 2 unspecified atom stereocenters. The maximum Gasteiger partial charge on any atom is 0.410 e. The largest absolute Gasteiger partial charge is 0.444 e. The lowest BCUT2D eigenvalue weighted by molar-refractivity contribution is -0.0204. The van der Waals surface area contributed by atoms with Crippen molar-refractivity contribution in [1.82, 2.24) is 9.88 Å². The van der Waals surface area contributed by atoms with Gasteiger partial charge in [-0.25, -0.2) is 4.79 Å². The third-order valence-corrected chi connectivity index (χ3v) is 3.93. The van der Waals surface area contributed by atoms with Crippen LogP contribution in [-0.2, 0) is 10.2 Å². The quantitative estimate of drug-likeness (QED) is 0.863. The van der Waals surface area contributed by atoms with Crippen LogP contribution in [0.4, 0.5) is 4.79 Å². The standard InChI is InChI=1S/C16H24N2O3/c1-15(2,3)21-14(20)18-10-8-16(4,13(19)11-18)12-7-5-6-9-17-12/h5-7,9,13,19H,8,10-11H2,1-4H3. The molecule has 1 aromatic rings. The van der Waals surface area contributed by atoms with E-state index in [1.54, 1.807) is 11.1 Å². The normalized spacial score (nSPS) is 26.5. The molecule has 116 valence electrons. The van der Waals surface area contributed by atoms with Gasteiger partial charge in [0.1, 0.15) is 5.60 Å². The zero-order valence-corrected chi connectivity index (χ0v) is 13.2. The number of hydrogen-bond acceptors (Lipinski definition) is 4. The summed E-state index contributed by atoms with van der Waals surface area (Å²) < 4.78 is 5.36. The number of β-amino-alcohol motifs (C(OH)–C–C–N with tert-alkyl or cyclic N) is 1. The number of likely N-dealkylation sites (tertiary alicyclic amines) is 1. The van der Waals surface area contributed by atoms with Crippen molar-refractivity contribution >= 4 is 6.09 Å². The Morgan fingerprint density at radius 1 is 1.48 bits per heavy atom. The Labute approximate surface area is 125 Å². The highest BCUT2D eigenvalue weighted by atomic mass is 16.6. The molecule has 1 N–H and O–H groups in total. The molecule has 2 rings (SSSR count). The number of aliphatic hydroxyl groups is 1. The molecule has 0 saturated carbocycles. The van der Waals surface area contributed by atoms with Gasteiger partial charge in [0.05, 0.1) is 12.6 Å². The van der Waals surface area contributed by atoms with Crippen LogP contribution in [0, 0.1) is 0 Å². The Bertz CT molecular complexity index is 498. The van der Waals surface area contributed by atoms with Gasteiger partial charge in [0, 0.05) is 23.9 Å². The second kappa shape index (κ2) is 5.64. The molecule has 1 saturated heterocycles. The van der Waals surface area contributed by atoms with Crippen molar-refractivity contribution in [2.24, 2.45) is 0 Å². The Morgan fingerprint density at radius 3 is 2.71 bits per heavy atom. The van der Waals surface area contributed by atoms with E-state index in [9.17, 15) is 9.90 Å². The first-order valence-corrected chi connectivity index (χ1v) is 7.30. The van der Waals surface area contributed by atoms with E-state index in [1.165, 1.54) is 0 Å². The lowest BCUT2D eigenvalue weighted by Crippen LogP contribution is -2.54. The van der Waals surface area contributed by atoms with Crippen LogP contribution >= 0.6 is 0 Å². The molecule has 1 amide bonds. The number of amides is 1. The minimum atomic E-state index is -0.659. The Hall–Kier alpha value is -1.62. The fraction of sp³-hybridized carbons (Fsp3) is 0.625. The van der Waals surface area contributed by atoms with Crippen molar-refractivity contribution in [3.8, 4) is 0 Å². The van der Waals surface area contributed by atoms with Crippen molar-refractivity contribution in [3.05, 3.63) is 30.1 Å². The highest BCUT2D eigenvalue weighted by Gasteiger charge is 2.42. The molecule has 5 heteroatoms. The van der Waals surface area contributed by atoms with Gasteiger partial charge in [0.15, 0.2) is 0 Å². The lowest BCUT2D eigenvalue weighted by Gasteiger charge is -2.43. The molecule has 0 aliphatic carbocycles. The smallest absolute Gasteiger partial charge is 0.410 e. The SMILES string of the molecule is CC(C)(C)OC(=O)N1CCC(C)(c2ccccn2)C(O)C1. The summed E-state index contributed by atoms with van der Waals surface area (Å²) in [6.07, 6.45) is 1.36. The number of aromatic nitrogens is 1. The zero-order chi connectivity index (χ0) is 15.7. The molecular formula is C16H24N2O3. The number of carbonyl (C=O) groups excluding carboxylic acids is 1. The highest BCUT2D eigenvalue weighted by Crippen LogP contribution is 2.34. The maximum atomic E-state index is 12.1. The number of hydrogen-bond donors (Lipinski definition) is 1. The Morgan fingerprint density at radius 2 is 2.19 bits per heavy atom. The van der Waals surface area contributed by atoms with Crippen LogP contribution in [0.25, 0.3) is 0 Å². The van der Waals surface area contributed by atoms with Crippen molar-refractivity contribution < 1.29 is 14.6 Å². The van der Waals surface area contributed by atoms with Gasteiger partial charge in [-0.15, -0.1) is 0 Å². The lowest BCUT2D eigenvalue weighted by atomic mass is 9.75. The van der Waals surface area contributed by atoms with Gasteiger partial charge < -0.3 is 14.7 Å². The molecule has 1 aromatic heterocycles. The van der Waals surface area contributed by atoms with E-state index in [4.69, 9.17) is 4.74 Å². The number of rotatable bonds is 1. The second-order valence-electron chi connectivity index (χ2n) is 6.82. The summed E-state index contributed by atoms with van der Waals surface area (Å²) in [6, 6.07) is 5.70. The van der Waals surface area contributed by atoms with Crippen molar-refractivity contribution in [2.75, 3.05) is 13.1 Å². The molecule has 1 fully saturated rings.